The number of hydrogen-bond acceptors (Lipinski definition) is 5. The van der Waals surface area contributed by atoms with Crippen LogP contribution < -0.4 is 10.6 Å². The zero-order valence-electron chi connectivity index (χ0n) is 24.0. The Balaban J connectivity index is 1.29. The van der Waals surface area contributed by atoms with Crippen molar-refractivity contribution in [2.45, 2.75) is 89.6 Å². The molecule has 0 aromatic heterocycles. The molecule has 0 atom stereocenters. The Labute approximate surface area is 233 Å². The van der Waals surface area contributed by atoms with E-state index in [1.165, 1.54) is 41.3 Å². The first kappa shape index (κ1) is 29.5. The standard InChI is InChI=1S/C29H45N5O4S/c1-5-6-7-22-8-12-25(13-9-22)30-28-31-27(36)29(32-28)15-17-34(18-16-29)39(37,38)19-14-23-10-11-24(20-21(23)2)26(35)33(3)4/h10-11,20,22,25H,5-9,12-19H2,1-4H3,(H2,30,31,32,36). The normalized spacial score (nSPS) is 24.5. The SMILES string of the molecule is CCCCC1CCC(N=C2NC(=O)C3(CCN(S(=O)(=O)CCc4ccc(C(=O)N(C)C)cc4C)CC3)N2)CC1. The van der Waals surface area contributed by atoms with Crippen LogP contribution in [0.4, 0.5) is 0 Å². The maximum atomic E-state index is 13.2. The maximum Gasteiger partial charge on any atom is 0.253 e. The summed E-state index contributed by atoms with van der Waals surface area (Å²) in [5, 5.41) is 6.28. The zero-order valence-corrected chi connectivity index (χ0v) is 24.8. The van der Waals surface area contributed by atoms with E-state index in [4.69, 9.17) is 4.99 Å². The van der Waals surface area contributed by atoms with E-state index in [1.807, 2.05) is 19.1 Å². The lowest BCUT2D eigenvalue weighted by Crippen LogP contribution is -2.56. The molecule has 1 aromatic rings. The maximum absolute atomic E-state index is 13.2. The van der Waals surface area contributed by atoms with E-state index in [9.17, 15) is 18.0 Å². The van der Waals surface area contributed by atoms with Gasteiger partial charge < -0.3 is 10.2 Å². The van der Waals surface area contributed by atoms with Crippen LogP contribution >= 0.6 is 0 Å². The van der Waals surface area contributed by atoms with Crippen LogP contribution in [0.15, 0.2) is 23.2 Å². The molecule has 0 radical (unpaired) electrons. The number of guanidine groups is 1. The molecule has 10 heteroatoms. The molecule has 2 amide bonds. The topological polar surface area (TPSA) is 111 Å². The number of benzene rings is 1. The van der Waals surface area contributed by atoms with Crippen LogP contribution in [0.1, 0.15) is 86.2 Å². The van der Waals surface area contributed by atoms with Crippen LogP contribution in [0.25, 0.3) is 0 Å². The molecular weight excluding hydrogens is 514 g/mol. The lowest BCUT2D eigenvalue weighted by Gasteiger charge is -2.36. The van der Waals surface area contributed by atoms with Crippen molar-refractivity contribution in [3.63, 3.8) is 0 Å². The summed E-state index contributed by atoms with van der Waals surface area (Å²) in [6.07, 6.45) is 9.57. The molecule has 1 aliphatic carbocycles. The number of piperidine rings is 1. The quantitative estimate of drug-likeness (QED) is 0.483. The van der Waals surface area contributed by atoms with E-state index in [2.05, 4.69) is 17.6 Å². The molecule has 0 unspecified atom stereocenters. The molecule has 3 aliphatic rings. The fourth-order valence-corrected chi connectivity index (χ4v) is 7.55. The molecule has 4 rings (SSSR count). The van der Waals surface area contributed by atoms with Gasteiger partial charge >= 0.3 is 0 Å². The van der Waals surface area contributed by atoms with Crippen molar-refractivity contribution in [3.8, 4) is 0 Å². The van der Waals surface area contributed by atoms with Gasteiger partial charge in [-0.05, 0) is 81.0 Å². The summed E-state index contributed by atoms with van der Waals surface area (Å²) in [6.45, 7) is 4.74. The van der Waals surface area contributed by atoms with Gasteiger partial charge in [0.1, 0.15) is 5.54 Å². The fraction of sp³-hybridized carbons (Fsp3) is 0.690. The van der Waals surface area contributed by atoms with Gasteiger partial charge in [-0.15, -0.1) is 0 Å². The van der Waals surface area contributed by atoms with Gasteiger partial charge in [0, 0.05) is 32.7 Å². The molecular formula is C29H45N5O4S. The van der Waals surface area contributed by atoms with Crippen LogP contribution in [0.5, 0.6) is 0 Å². The van der Waals surface area contributed by atoms with E-state index in [0.29, 0.717) is 43.9 Å². The predicted molar refractivity (Wildman–Crippen MR) is 154 cm³/mol. The lowest BCUT2D eigenvalue weighted by atomic mass is 9.83. The number of aryl methyl sites for hydroxylation is 2. The largest absolute Gasteiger partial charge is 0.345 e. The molecule has 1 spiro atoms. The number of carbonyl (C=O) groups excluding carboxylic acids is 2. The number of amides is 2. The highest BCUT2D eigenvalue weighted by Crippen LogP contribution is 2.31. The van der Waals surface area contributed by atoms with Gasteiger partial charge in [0.05, 0.1) is 11.8 Å². The van der Waals surface area contributed by atoms with Gasteiger partial charge in [0.25, 0.3) is 11.8 Å². The molecule has 2 saturated heterocycles. The van der Waals surface area contributed by atoms with Crippen LogP contribution in [0, 0.1) is 12.8 Å². The first-order valence-electron chi connectivity index (χ1n) is 14.5. The van der Waals surface area contributed by atoms with E-state index < -0.39 is 15.6 Å². The summed E-state index contributed by atoms with van der Waals surface area (Å²) < 4.78 is 27.8. The van der Waals surface area contributed by atoms with Crippen LogP contribution in [-0.2, 0) is 21.2 Å². The van der Waals surface area contributed by atoms with Crippen molar-refractivity contribution in [1.29, 1.82) is 0 Å². The molecule has 216 valence electrons. The second-order valence-corrected chi connectivity index (χ2v) is 13.9. The van der Waals surface area contributed by atoms with Crippen LogP contribution in [-0.4, -0.2) is 79.9 Å². The summed E-state index contributed by atoms with van der Waals surface area (Å²) >= 11 is 0. The van der Waals surface area contributed by atoms with Gasteiger partial charge in [-0.2, -0.15) is 0 Å². The van der Waals surface area contributed by atoms with Crippen molar-refractivity contribution in [3.05, 3.63) is 34.9 Å². The summed E-state index contributed by atoms with van der Waals surface area (Å²) in [7, 11) is -0.0666. The third-order valence-corrected chi connectivity index (χ3v) is 10.6. The van der Waals surface area contributed by atoms with Crippen molar-refractivity contribution >= 4 is 27.8 Å². The van der Waals surface area contributed by atoms with Crippen LogP contribution in [0.2, 0.25) is 0 Å². The summed E-state index contributed by atoms with van der Waals surface area (Å²) in [5.41, 5.74) is 1.63. The minimum absolute atomic E-state index is 0.00488. The lowest BCUT2D eigenvalue weighted by molar-refractivity contribution is -0.125. The highest BCUT2D eigenvalue weighted by atomic mass is 32.2. The Hall–Kier alpha value is -2.46. The number of unbranched alkanes of at least 4 members (excludes halogenated alkanes) is 1. The molecule has 0 bridgehead atoms. The minimum atomic E-state index is -3.48. The molecule has 1 saturated carbocycles. The van der Waals surface area contributed by atoms with E-state index >= 15 is 0 Å². The second-order valence-electron chi connectivity index (χ2n) is 11.8. The Bertz CT molecular complexity index is 1180. The van der Waals surface area contributed by atoms with Gasteiger partial charge in [-0.1, -0.05) is 32.3 Å². The highest BCUT2D eigenvalue weighted by molar-refractivity contribution is 7.89. The number of rotatable bonds is 9. The number of carbonyl (C=O) groups is 2. The van der Waals surface area contributed by atoms with Gasteiger partial charge in [-0.25, -0.2) is 17.7 Å². The molecule has 2 N–H and O–H groups in total. The molecule has 3 fully saturated rings. The number of nitrogens with one attached hydrogen (secondary N) is 2. The second kappa shape index (κ2) is 12.4. The predicted octanol–water partition coefficient (Wildman–Crippen LogP) is 3.23. The average molecular weight is 560 g/mol. The van der Waals surface area contributed by atoms with Gasteiger partial charge in [-0.3, -0.25) is 14.9 Å². The third-order valence-electron chi connectivity index (χ3n) is 8.71. The number of nitrogens with zero attached hydrogens (tertiary/aromatic N) is 3. The summed E-state index contributed by atoms with van der Waals surface area (Å²) in [5.74, 6) is 1.18. The zero-order chi connectivity index (χ0) is 28.2. The van der Waals surface area contributed by atoms with Crippen LogP contribution in [0.3, 0.4) is 0 Å². The molecule has 2 aliphatic heterocycles. The molecule has 2 heterocycles. The number of aliphatic imine (C=N–C) groups is 1. The van der Waals surface area contributed by atoms with Crippen molar-refractivity contribution in [1.82, 2.24) is 19.8 Å². The Morgan fingerprint density at radius 1 is 1.15 bits per heavy atom. The third kappa shape index (κ3) is 7.01. The minimum Gasteiger partial charge on any atom is -0.345 e. The van der Waals surface area contributed by atoms with Crippen molar-refractivity contribution < 1.29 is 18.0 Å². The Morgan fingerprint density at radius 3 is 2.46 bits per heavy atom. The first-order valence-corrected chi connectivity index (χ1v) is 16.1. The van der Waals surface area contributed by atoms with Crippen molar-refractivity contribution in [2.75, 3.05) is 32.9 Å². The Kier molecular flexibility index (Phi) is 9.37. The van der Waals surface area contributed by atoms with E-state index in [1.54, 1.807) is 20.2 Å². The van der Waals surface area contributed by atoms with Gasteiger partial charge in [0.15, 0.2) is 5.96 Å². The summed E-state index contributed by atoms with van der Waals surface area (Å²) in [4.78, 5) is 31.5. The fourth-order valence-electron chi connectivity index (χ4n) is 6.08. The van der Waals surface area contributed by atoms with Crippen molar-refractivity contribution in [2.24, 2.45) is 10.9 Å². The first-order chi connectivity index (χ1) is 18.5. The van der Waals surface area contributed by atoms with E-state index in [-0.39, 0.29) is 23.6 Å². The highest BCUT2D eigenvalue weighted by Gasteiger charge is 2.48. The summed E-state index contributed by atoms with van der Waals surface area (Å²) in [6, 6.07) is 5.65. The molecule has 9 nitrogen and oxygen atoms in total. The molecule has 39 heavy (non-hydrogen) atoms. The van der Waals surface area contributed by atoms with Gasteiger partial charge in [0.2, 0.25) is 10.0 Å². The molecule has 1 aromatic carbocycles. The van der Waals surface area contributed by atoms with E-state index in [0.717, 1.165) is 29.9 Å². The monoisotopic (exact) mass is 559 g/mol. The number of sulfonamides is 1. The number of hydrogen-bond donors (Lipinski definition) is 2. The Morgan fingerprint density at radius 2 is 1.85 bits per heavy atom. The smallest absolute Gasteiger partial charge is 0.253 e. The average Bonchev–Trinajstić information content (AvgIpc) is 3.20.